The van der Waals surface area contributed by atoms with Gasteiger partial charge in [0.25, 0.3) is 0 Å². The quantitative estimate of drug-likeness (QED) is 0.862. The molecule has 2 aromatic rings. The van der Waals surface area contributed by atoms with Crippen molar-refractivity contribution in [3.63, 3.8) is 0 Å². The summed E-state index contributed by atoms with van der Waals surface area (Å²) < 4.78 is 0. The summed E-state index contributed by atoms with van der Waals surface area (Å²) in [6, 6.07) is 11.9. The zero-order valence-electron chi connectivity index (χ0n) is 10.7. The molecule has 0 fully saturated rings. The number of aromatic nitrogens is 1. The summed E-state index contributed by atoms with van der Waals surface area (Å²) >= 11 is 0. The molecule has 0 amide bonds. The zero-order chi connectivity index (χ0) is 13.0. The first kappa shape index (κ1) is 12.4. The van der Waals surface area contributed by atoms with Gasteiger partial charge in [-0.2, -0.15) is 0 Å². The Morgan fingerprint density at radius 3 is 2.39 bits per heavy atom. The highest BCUT2D eigenvalue weighted by Gasteiger charge is 1.99. The first-order chi connectivity index (χ1) is 8.65. The first-order valence-corrected chi connectivity index (χ1v) is 6.13. The second-order valence-electron chi connectivity index (χ2n) is 4.64. The van der Waals surface area contributed by atoms with Crippen LogP contribution in [0.15, 0.2) is 42.6 Å². The Bertz CT molecular complexity index is 489. The average Bonchev–Trinajstić information content (AvgIpc) is 2.38. The third kappa shape index (κ3) is 3.23. The van der Waals surface area contributed by atoms with E-state index < -0.39 is 0 Å². The minimum atomic E-state index is 0.194. The Balaban J connectivity index is 1.95. The lowest BCUT2D eigenvalue weighted by Gasteiger charge is -2.09. The van der Waals surface area contributed by atoms with Crippen molar-refractivity contribution in [1.29, 1.82) is 0 Å². The fourth-order valence-corrected chi connectivity index (χ4v) is 1.70. The molecule has 2 rings (SSSR count). The highest BCUT2D eigenvalue weighted by Crippen LogP contribution is 2.17. The molecule has 94 valence electrons. The van der Waals surface area contributed by atoms with Gasteiger partial charge in [-0.05, 0) is 35.7 Å². The minimum Gasteiger partial charge on any atom is -0.506 e. The van der Waals surface area contributed by atoms with Gasteiger partial charge in [0, 0.05) is 5.69 Å². The van der Waals surface area contributed by atoms with E-state index in [0.29, 0.717) is 12.5 Å². The highest BCUT2D eigenvalue weighted by molar-refractivity contribution is 5.45. The lowest BCUT2D eigenvalue weighted by molar-refractivity contribution is 0.472. The van der Waals surface area contributed by atoms with Crippen molar-refractivity contribution >= 4 is 5.69 Å². The van der Waals surface area contributed by atoms with E-state index in [1.165, 1.54) is 11.8 Å². The van der Waals surface area contributed by atoms with Crippen LogP contribution in [0.2, 0.25) is 0 Å². The Morgan fingerprint density at radius 1 is 1.11 bits per heavy atom. The molecule has 2 N–H and O–H groups in total. The summed E-state index contributed by atoms with van der Waals surface area (Å²) in [5, 5.41) is 12.4. The largest absolute Gasteiger partial charge is 0.506 e. The number of nitrogens with zero attached hydrogens (tertiary/aromatic N) is 1. The zero-order valence-corrected chi connectivity index (χ0v) is 10.7. The molecule has 0 saturated heterocycles. The topological polar surface area (TPSA) is 45.1 Å². The van der Waals surface area contributed by atoms with E-state index in [1.54, 1.807) is 6.07 Å². The number of benzene rings is 1. The maximum Gasteiger partial charge on any atom is 0.133 e. The summed E-state index contributed by atoms with van der Waals surface area (Å²) in [5.41, 5.74) is 3.32. The molecule has 18 heavy (non-hydrogen) atoms. The Kier molecular flexibility index (Phi) is 3.82. The van der Waals surface area contributed by atoms with Gasteiger partial charge in [0.05, 0.1) is 18.4 Å². The molecule has 0 aliphatic rings. The molecule has 1 heterocycles. The summed E-state index contributed by atoms with van der Waals surface area (Å²) in [6.45, 7) is 5.02. The van der Waals surface area contributed by atoms with Crippen LogP contribution >= 0.6 is 0 Å². The molecule has 1 aromatic heterocycles. The van der Waals surface area contributed by atoms with E-state index in [2.05, 4.69) is 48.4 Å². The van der Waals surface area contributed by atoms with Crippen molar-refractivity contribution in [3.05, 3.63) is 53.9 Å². The maximum atomic E-state index is 9.14. The molecule has 3 nitrogen and oxygen atoms in total. The number of anilines is 1. The lowest BCUT2D eigenvalue weighted by Crippen LogP contribution is -2.01. The molecule has 0 atom stereocenters. The van der Waals surface area contributed by atoms with E-state index in [0.717, 1.165) is 11.4 Å². The summed E-state index contributed by atoms with van der Waals surface area (Å²) in [5.74, 6) is 0.748. The van der Waals surface area contributed by atoms with Crippen LogP contribution in [-0.2, 0) is 6.54 Å². The lowest BCUT2D eigenvalue weighted by atomic mass is 10.0. The normalized spacial score (nSPS) is 10.6. The third-order valence-corrected chi connectivity index (χ3v) is 2.86. The van der Waals surface area contributed by atoms with Crippen molar-refractivity contribution in [3.8, 4) is 5.75 Å². The molecule has 0 aliphatic heterocycles. The number of pyridine rings is 1. The van der Waals surface area contributed by atoms with Gasteiger partial charge < -0.3 is 10.4 Å². The van der Waals surface area contributed by atoms with Crippen LogP contribution in [0.4, 0.5) is 5.69 Å². The average molecular weight is 242 g/mol. The van der Waals surface area contributed by atoms with Gasteiger partial charge >= 0.3 is 0 Å². The van der Waals surface area contributed by atoms with Crippen LogP contribution < -0.4 is 5.32 Å². The van der Waals surface area contributed by atoms with Gasteiger partial charge in [-0.25, -0.2) is 0 Å². The number of aromatic hydroxyl groups is 1. The molecule has 0 unspecified atom stereocenters. The van der Waals surface area contributed by atoms with Gasteiger partial charge in [0.15, 0.2) is 0 Å². The number of rotatable bonds is 4. The SMILES string of the molecule is CC(C)c1ccc(NCc2ccc(O)cn2)cc1. The predicted octanol–water partition coefficient (Wildman–Crippen LogP) is 3.52. The second kappa shape index (κ2) is 5.54. The van der Waals surface area contributed by atoms with Crippen LogP contribution in [0.25, 0.3) is 0 Å². The smallest absolute Gasteiger partial charge is 0.133 e. The summed E-state index contributed by atoms with van der Waals surface area (Å²) in [6.07, 6.45) is 1.46. The van der Waals surface area contributed by atoms with Gasteiger partial charge in [0.1, 0.15) is 5.75 Å². The second-order valence-corrected chi connectivity index (χ2v) is 4.64. The molecule has 0 spiro atoms. The van der Waals surface area contributed by atoms with Crippen LogP contribution in [0.3, 0.4) is 0 Å². The van der Waals surface area contributed by atoms with Gasteiger partial charge in [0.2, 0.25) is 0 Å². The van der Waals surface area contributed by atoms with E-state index in [-0.39, 0.29) is 5.75 Å². The molecule has 3 heteroatoms. The minimum absolute atomic E-state index is 0.194. The van der Waals surface area contributed by atoms with Crippen molar-refractivity contribution in [2.45, 2.75) is 26.3 Å². The molecule has 0 radical (unpaired) electrons. The fourth-order valence-electron chi connectivity index (χ4n) is 1.70. The summed E-state index contributed by atoms with van der Waals surface area (Å²) in [4.78, 5) is 4.13. The van der Waals surface area contributed by atoms with Gasteiger partial charge in [-0.15, -0.1) is 0 Å². The predicted molar refractivity (Wildman–Crippen MR) is 73.8 cm³/mol. The number of nitrogens with one attached hydrogen (secondary N) is 1. The van der Waals surface area contributed by atoms with E-state index >= 15 is 0 Å². The van der Waals surface area contributed by atoms with Gasteiger partial charge in [-0.1, -0.05) is 26.0 Å². The van der Waals surface area contributed by atoms with Crippen molar-refractivity contribution < 1.29 is 5.11 Å². The first-order valence-electron chi connectivity index (χ1n) is 6.13. The number of hydrogen-bond donors (Lipinski definition) is 2. The van der Waals surface area contributed by atoms with E-state index in [4.69, 9.17) is 5.11 Å². The van der Waals surface area contributed by atoms with E-state index in [9.17, 15) is 0 Å². The van der Waals surface area contributed by atoms with Crippen LogP contribution in [0.1, 0.15) is 31.0 Å². The molecule has 0 aliphatic carbocycles. The van der Waals surface area contributed by atoms with Gasteiger partial charge in [-0.3, -0.25) is 4.98 Å². The van der Waals surface area contributed by atoms with Crippen molar-refractivity contribution in [1.82, 2.24) is 4.98 Å². The van der Waals surface area contributed by atoms with Crippen molar-refractivity contribution in [2.24, 2.45) is 0 Å². The molecular weight excluding hydrogens is 224 g/mol. The molecular formula is C15H18N2O. The standard InChI is InChI=1S/C15H18N2O/c1-11(2)12-3-5-13(6-4-12)16-9-14-7-8-15(18)10-17-14/h3-8,10-11,16,18H,9H2,1-2H3. The van der Waals surface area contributed by atoms with Crippen LogP contribution in [0, 0.1) is 0 Å². The maximum absolute atomic E-state index is 9.14. The third-order valence-electron chi connectivity index (χ3n) is 2.86. The fraction of sp³-hybridized carbons (Fsp3) is 0.267. The monoisotopic (exact) mass is 242 g/mol. The highest BCUT2D eigenvalue weighted by atomic mass is 16.3. The molecule has 1 aromatic carbocycles. The summed E-state index contributed by atoms with van der Waals surface area (Å²) in [7, 11) is 0. The molecule has 0 saturated carbocycles. The Hall–Kier alpha value is -2.03. The number of hydrogen-bond acceptors (Lipinski definition) is 3. The van der Waals surface area contributed by atoms with Crippen molar-refractivity contribution in [2.75, 3.05) is 5.32 Å². The van der Waals surface area contributed by atoms with Crippen LogP contribution in [-0.4, -0.2) is 10.1 Å². The van der Waals surface area contributed by atoms with Crippen LogP contribution in [0.5, 0.6) is 5.75 Å². The van der Waals surface area contributed by atoms with E-state index in [1.807, 2.05) is 6.07 Å². The Labute approximate surface area is 108 Å². The Morgan fingerprint density at radius 2 is 1.83 bits per heavy atom. The molecule has 0 bridgehead atoms.